The van der Waals surface area contributed by atoms with Crippen LogP contribution in [0.1, 0.15) is 12.0 Å². The number of nitrogens with zero attached hydrogens (tertiary/aromatic N) is 2. The molecule has 1 fully saturated rings. The van der Waals surface area contributed by atoms with Gasteiger partial charge in [0, 0.05) is 12.2 Å². The van der Waals surface area contributed by atoms with Crippen molar-refractivity contribution in [3.8, 4) is 5.69 Å². The SMILES string of the molecule is O=S1(=O)CCC(CNCc2ccc(-n3cnc4ccccc43)cc2)C1. The molecule has 2 heterocycles. The molecule has 0 amide bonds. The first-order valence-corrected chi connectivity index (χ1v) is 10.4. The molecule has 6 heteroatoms. The highest BCUT2D eigenvalue weighted by molar-refractivity contribution is 7.91. The average molecular weight is 355 g/mol. The Morgan fingerprint density at radius 3 is 2.68 bits per heavy atom. The Balaban J connectivity index is 1.39. The third kappa shape index (κ3) is 3.60. The monoisotopic (exact) mass is 355 g/mol. The van der Waals surface area contributed by atoms with Crippen molar-refractivity contribution in [1.82, 2.24) is 14.9 Å². The zero-order valence-electron chi connectivity index (χ0n) is 13.9. The minimum atomic E-state index is -2.79. The second kappa shape index (κ2) is 6.61. The molecule has 1 N–H and O–H groups in total. The highest BCUT2D eigenvalue weighted by Gasteiger charge is 2.27. The van der Waals surface area contributed by atoms with Gasteiger partial charge in [0.15, 0.2) is 9.84 Å². The lowest BCUT2D eigenvalue weighted by Gasteiger charge is -2.10. The van der Waals surface area contributed by atoms with Crippen LogP contribution in [0.5, 0.6) is 0 Å². The molecule has 1 atom stereocenters. The van der Waals surface area contributed by atoms with E-state index in [0.29, 0.717) is 11.5 Å². The van der Waals surface area contributed by atoms with Crippen LogP contribution in [0.25, 0.3) is 16.7 Å². The molecular weight excluding hydrogens is 334 g/mol. The van der Waals surface area contributed by atoms with Gasteiger partial charge in [0.25, 0.3) is 0 Å². The number of para-hydroxylation sites is 2. The first-order valence-electron chi connectivity index (χ1n) is 8.53. The van der Waals surface area contributed by atoms with Crippen LogP contribution in [-0.4, -0.2) is 36.0 Å². The number of imidazole rings is 1. The van der Waals surface area contributed by atoms with Gasteiger partial charge in [-0.3, -0.25) is 4.57 Å². The Hall–Kier alpha value is -2.18. The smallest absolute Gasteiger partial charge is 0.150 e. The van der Waals surface area contributed by atoms with Gasteiger partial charge in [-0.05, 0) is 48.7 Å². The summed E-state index contributed by atoms with van der Waals surface area (Å²) in [6.07, 6.45) is 2.63. The van der Waals surface area contributed by atoms with E-state index < -0.39 is 9.84 Å². The number of fused-ring (bicyclic) bond motifs is 1. The predicted octanol–water partition coefficient (Wildman–Crippen LogP) is 2.55. The molecule has 1 aromatic heterocycles. The molecule has 0 spiro atoms. The van der Waals surface area contributed by atoms with Gasteiger partial charge in [-0.2, -0.15) is 0 Å². The van der Waals surface area contributed by atoms with Gasteiger partial charge in [0.05, 0.1) is 22.5 Å². The molecule has 5 nitrogen and oxygen atoms in total. The Morgan fingerprint density at radius 1 is 1.12 bits per heavy atom. The third-order valence-corrected chi connectivity index (χ3v) is 6.59. The number of aromatic nitrogens is 2. The van der Waals surface area contributed by atoms with Gasteiger partial charge >= 0.3 is 0 Å². The first-order chi connectivity index (χ1) is 12.1. The van der Waals surface area contributed by atoms with Crippen LogP contribution in [0, 0.1) is 5.92 Å². The van der Waals surface area contributed by atoms with Crippen LogP contribution in [0.3, 0.4) is 0 Å². The van der Waals surface area contributed by atoms with E-state index >= 15 is 0 Å². The fourth-order valence-corrected chi connectivity index (χ4v) is 5.25. The summed E-state index contributed by atoms with van der Waals surface area (Å²) in [7, 11) is -2.79. The van der Waals surface area contributed by atoms with Gasteiger partial charge in [-0.25, -0.2) is 13.4 Å². The lowest BCUT2D eigenvalue weighted by molar-refractivity contribution is 0.521. The molecule has 0 aliphatic carbocycles. The van der Waals surface area contributed by atoms with E-state index in [0.717, 1.165) is 36.2 Å². The summed E-state index contributed by atoms with van der Waals surface area (Å²) in [5, 5.41) is 3.38. The number of nitrogens with one attached hydrogen (secondary N) is 1. The summed E-state index contributed by atoms with van der Waals surface area (Å²) in [5.41, 5.74) is 4.35. The summed E-state index contributed by atoms with van der Waals surface area (Å²) >= 11 is 0. The van der Waals surface area contributed by atoms with E-state index in [1.165, 1.54) is 5.56 Å². The van der Waals surface area contributed by atoms with E-state index in [-0.39, 0.29) is 5.92 Å². The molecule has 1 aliphatic rings. The average Bonchev–Trinajstić information content (AvgIpc) is 3.19. The number of sulfone groups is 1. The van der Waals surface area contributed by atoms with Crippen molar-refractivity contribution in [2.24, 2.45) is 5.92 Å². The maximum Gasteiger partial charge on any atom is 0.150 e. The van der Waals surface area contributed by atoms with Gasteiger partial charge < -0.3 is 5.32 Å². The number of rotatable bonds is 5. The van der Waals surface area contributed by atoms with Crippen molar-refractivity contribution in [2.45, 2.75) is 13.0 Å². The molecule has 0 bridgehead atoms. The summed E-state index contributed by atoms with van der Waals surface area (Å²) in [6, 6.07) is 16.5. The second-order valence-corrected chi connectivity index (χ2v) is 8.90. The quantitative estimate of drug-likeness (QED) is 0.764. The van der Waals surface area contributed by atoms with Gasteiger partial charge in [0.2, 0.25) is 0 Å². The molecule has 25 heavy (non-hydrogen) atoms. The normalized spacial score (nSPS) is 19.4. The van der Waals surface area contributed by atoms with E-state index in [9.17, 15) is 8.42 Å². The minimum absolute atomic E-state index is 0.251. The molecule has 0 radical (unpaired) electrons. The summed E-state index contributed by atoms with van der Waals surface area (Å²) in [4.78, 5) is 4.42. The van der Waals surface area contributed by atoms with Gasteiger partial charge in [-0.1, -0.05) is 24.3 Å². The summed E-state index contributed by atoms with van der Waals surface area (Å²) in [6.45, 7) is 1.51. The van der Waals surface area contributed by atoms with Crippen molar-refractivity contribution >= 4 is 20.9 Å². The van der Waals surface area contributed by atoms with Crippen molar-refractivity contribution in [3.63, 3.8) is 0 Å². The largest absolute Gasteiger partial charge is 0.312 e. The summed E-state index contributed by atoms with van der Waals surface area (Å²) in [5.74, 6) is 0.918. The highest BCUT2D eigenvalue weighted by Crippen LogP contribution is 2.19. The fourth-order valence-electron chi connectivity index (χ4n) is 3.39. The minimum Gasteiger partial charge on any atom is -0.312 e. The predicted molar refractivity (Wildman–Crippen MR) is 99.5 cm³/mol. The molecule has 1 aliphatic heterocycles. The maximum absolute atomic E-state index is 11.5. The van der Waals surface area contributed by atoms with Crippen LogP contribution < -0.4 is 5.32 Å². The zero-order valence-corrected chi connectivity index (χ0v) is 14.7. The second-order valence-electron chi connectivity index (χ2n) is 6.67. The molecule has 2 aromatic carbocycles. The first kappa shape index (κ1) is 16.3. The Kier molecular flexibility index (Phi) is 4.31. The van der Waals surface area contributed by atoms with Crippen LogP contribution in [0.2, 0.25) is 0 Å². The molecule has 4 rings (SSSR count). The Morgan fingerprint density at radius 2 is 1.92 bits per heavy atom. The standard InChI is InChI=1S/C19H21N3O2S/c23-25(24)10-9-16(13-25)12-20-11-15-5-7-17(8-6-15)22-14-21-18-3-1-2-4-19(18)22/h1-8,14,16,20H,9-13H2. The van der Waals surface area contributed by atoms with Crippen LogP contribution in [-0.2, 0) is 16.4 Å². The molecule has 130 valence electrons. The molecular formula is C19H21N3O2S. The van der Waals surface area contributed by atoms with Crippen LogP contribution in [0.15, 0.2) is 54.9 Å². The fraction of sp³-hybridized carbons (Fsp3) is 0.316. The topological polar surface area (TPSA) is 64.0 Å². The summed E-state index contributed by atoms with van der Waals surface area (Å²) < 4.78 is 25.0. The lowest BCUT2D eigenvalue weighted by Crippen LogP contribution is -2.23. The molecule has 1 saturated heterocycles. The lowest BCUT2D eigenvalue weighted by atomic mass is 10.1. The van der Waals surface area contributed by atoms with E-state index in [2.05, 4.69) is 45.2 Å². The highest BCUT2D eigenvalue weighted by atomic mass is 32.2. The van der Waals surface area contributed by atoms with E-state index in [4.69, 9.17) is 0 Å². The molecule has 1 unspecified atom stereocenters. The number of hydrogen-bond acceptors (Lipinski definition) is 4. The maximum atomic E-state index is 11.5. The number of benzene rings is 2. The van der Waals surface area contributed by atoms with Gasteiger partial charge in [-0.15, -0.1) is 0 Å². The van der Waals surface area contributed by atoms with Crippen molar-refractivity contribution in [2.75, 3.05) is 18.1 Å². The Bertz CT molecular complexity index is 977. The van der Waals surface area contributed by atoms with Crippen molar-refractivity contribution in [3.05, 3.63) is 60.4 Å². The van der Waals surface area contributed by atoms with E-state index in [1.807, 2.05) is 24.5 Å². The van der Waals surface area contributed by atoms with Crippen molar-refractivity contribution < 1.29 is 8.42 Å². The zero-order chi connectivity index (χ0) is 17.3. The molecule has 0 saturated carbocycles. The van der Waals surface area contributed by atoms with Gasteiger partial charge in [0.1, 0.15) is 6.33 Å². The van der Waals surface area contributed by atoms with Crippen LogP contribution in [0.4, 0.5) is 0 Å². The third-order valence-electron chi connectivity index (χ3n) is 4.76. The van der Waals surface area contributed by atoms with Crippen LogP contribution >= 0.6 is 0 Å². The Labute approximate surface area is 147 Å². The number of hydrogen-bond donors (Lipinski definition) is 1. The molecule has 3 aromatic rings. The van der Waals surface area contributed by atoms with Crippen molar-refractivity contribution in [1.29, 1.82) is 0 Å². The van der Waals surface area contributed by atoms with E-state index in [1.54, 1.807) is 0 Å².